The molecule has 4 heterocycles. The van der Waals surface area contributed by atoms with Gasteiger partial charge in [0, 0.05) is 25.2 Å². The molecule has 2 N–H and O–H groups in total. The van der Waals surface area contributed by atoms with Crippen LogP contribution >= 0.6 is 0 Å². The van der Waals surface area contributed by atoms with E-state index in [0.29, 0.717) is 12.2 Å². The number of rotatable bonds is 2. The third kappa shape index (κ3) is 3.03. The number of ether oxygens (including phenoxy) is 1. The van der Waals surface area contributed by atoms with Gasteiger partial charge in [0.1, 0.15) is 17.2 Å². The van der Waals surface area contributed by atoms with E-state index in [1.165, 1.54) is 0 Å². The number of amides is 1. The molecule has 0 aliphatic carbocycles. The van der Waals surface area contributed by atoms with Gasteiger partial charge >= 0.3 is 0 Å². The Labute approximate surface area is 158 Å². The van der Waals surface area contributed by atoms with Crippen molar-refractivity contribution >= 4 is 11.6 Å². The Morgan fingerprint density at radius 2 is 1.93 bits per heavy atom. The van der Waals surface area contributed by atoms with Crippen LogP contribution in [0, 0.1) is 6.92 Å². The van der Waals surface area contributed by atoms with E-state index < -0.39 is 5.66 Å². The van der Waals surface area contributed by atoms with Gasteiger partial charge in [-0.3, -0.25) is 9.69 Å². The molecule has 6 nitrogen and oxygen atoms in total. The number of anilines is 1. The quantitative estimate of drug-likeness (QED) is 0.854. The molecule has 1 aromatic heterocycles. The highest BCUT2D eigenvalue weighted by molar-refractivity contribution is 6.02. The number of nitrogens with one attached hydrogen (secondary N) is 2. The molecular formula is C21H25N3O3. The van der Waals surface area contributed by atoms with Gasteiger partial charge in [-0.25, -0.2) is 0 Å². The predicted octanol–water partition coefficient (Wildman–Crippen LogP) is 2.89. The smallest absolute Gasteiger partial charge is 0.255 e. The second kappa shape index (κ2) is 6.11. The van der Waals surface area contributed by atoms with Gasteiger partial charge in [-0.1, -0.05) is 12.1 Å². The SMILES string of the molecule is Cc1ccc(CN2CCC3(CC2)CC2(CO3)NC(=O)c3ccccc3N2)o1. The van der Waals surface area contributed by atoms with E-state index in [-0.39, 0.29) is 11.5 Å². The minimum absolute atomic E-state index is 0.0179. The predicted molar refractivity (Wildman–Crippen MR) is 102 cm³/mol. The number of piperidine rings is 1. The van der Waals surface area contributed by atoms with Gasteiger partial charge in [0.25, 0.3) is 5.91 Å². The Morgan fingerprint density at radius 3 is 2.70 bits per heavy atom. The van der Waals surface area contributed by atoms with E-state index in [1.807, 2.05) is 37.3 Å². The number of benzene rings is 1. The van der Waals surface area contributed by atoms with Crippen molar-refractivity contribution in [2.45, 2.75) is 44.0 Å². The lowest BCUT2D eigenvalue weighted by Crippen LogP contribution is -2.59. The molecule has 2 fully saturated rings. The van der Waals surface area contributed by atoms with Crippen LogP contribution in [0.3, 0.4) is 0 Å². The van der Waals surface area contributed by atoms with Crippen molar-refractivity contribution in [3.05, 3.63) is 53.5 Å². The number of nitrogens with zero attached hydrogens (tertiary/aromatic N) is 1. The molecule has 6 heteroatoms. The Morgan fingerprint density at radius 1 is 1.11 bits per heavy atom. The maximum absolute atomic E-state index is 12.5. The van der Waals surface area contributed by atoms with Crippen LogP contribution in [-0.2, 0) is 11.3 Å². The summed E-state index contributed by atoms with van der Waals surface area (Å²) in [4.78, 5) is 15.0. The summed E-state index contributed by atoms with van der Waals surface area (Å²) < 4.78 is 12.0. The minimum Gasteiger partial charge on any atom is -0.465 e. The van der Waals surface area contributed by atoms with Gasteiger partial charge in [0.2, 0.25) is 0 Å². The number of furan rings is 1. The van der Waals surface area contributed by atoms with E-state index in [2.05, 4.69) is 21.6 Å². The van der Waals surface area contributed by atoms with Gasteiger partial charge in [-0.2, -0.15) is 0 Å². The molecule has 27 heavy (non-hydrogen) atoms. The second-order valence-electron chi connectivity index (χ2n) is 8.14. The monoisotopic (exact) mass is 367 g/mol. The number of fused-ring (bicyclic) bond motifs is 1. The number of hydrogen-bond donors (Lipinski definition) is 2. The number of para-hydroxylation sites is 1. The normalized spacial score (nSPS) is 26.8. The van der Waals surface area contributed by atoms with Gasteiger partial charge in [0.05, 0.1) is 24.3 Å². The summed E-state index contributed by atoms with van der Waals surface area (Å²) in [6, 6.07) is 11.7. The highest BCUT2D eigenvalue weighted by Gasteiger charge is 2.53. The molecule has 0 saturated carbocycles. The molecule has 2 saturated heterocycles. The largest absolute Gasteiger partial charge is 0.465 e. The maximum atomic E-state index is 12.5. The van der Waals surface area contributed by atoms with Crippen molar-refractivity contribution in [1.29, 1.82) is 0 Å². The third-order valence-electron chi connectivity index (χ3n) is 6.09. The summed E-state index contributed by atoms with van der Waals surface area (Å²) in [6.45, 7) is 5.27. The Bertz CT molecular complexity index is 869. The molecular weight excluding hydrogens is 342 g/mol. The molecule has 0 bridgehead atoms. The molecule has 1 aromatic carbocycles. The van der Waals surface area contributed by atoms with Crippen LogP contribution < -0.4 is 10.6 Å². The van der Waals surface area contributed by atoms with E-state index in [4.69, 9.17) is 9.15 Å². The van der Waals surface area contributed by atoms with Crippen LogP contribution in [0.25, 0.3) is 0 Å². The van der Waals surface area contributed by atoms with Crippen LogP contribution in [0.4, 0.5) is 5.69 Å². The molecule has 5 rings (SSSR count). The van der Waals surface area contributed by atoms with E-state index >= 15 is 0 Å². The molecule has 1 unspecified atom stereocenters. The zero-order valence-corrected chi connectivity index (χ0v) is 15.6. The fraction of sp³-hybridized carbons (Fsp3) is 0.476. The summed E-state index contributed by atoms with van der Waals surface area (Å²) in [5.41, 5.74) is 0.939. The first-order chi connectivity index (χ1) is 13.0. The van der Waals surface area contributed by atoms with Gasteiger partial charge < -0.3 is 19.8 Å². The number of likely N-dealkylation sites (tertiary alicyclic amines) is 1. The summed E-state index contributed by atoms with van der Waals surface area (Å²) in [5, 5.41) is 6.71. The molecule has 2 aromatic rings. The highest BCUT2D eigenvalue weighted by Crippen LogP contribution is 2.43. The lowest BCUT2D eigenvalue weighted by Gasteiger charge is -2.40. The van der Waals surface area contributed by atoms with E-state index in [0.717, 1.165) is 56.1 Å². The summed E-state index contributed by atoms with van der Waals surface area (Å²) >= 11 is 0. The van der Waals surface area contributed by atoms with Crippen LogP contribution in [0.5, 0.6) is 0 Å². The van der Waals surface area contributed by atoms with Gasteiger partial charge in [-0.05, 0) is 44.0 Å². The third-order valence-corrected chi connectivity index (χ3v) is 6.09. The zero-order chi connectivity index (χ0) is 18.5. The van der Waals surface area contributed by atoms with Crippen LogP contribution in [0.1, 0.15) is 41.1 Å². The molecule has 2 spiro atoms. The van der Waals surface area contributed by atoms with Crippen molar-refractivity contribution in [3.63, 3.8) is 0 Å². The van der Waals surface area contributed by atoms with Crippen molar-refractivity contribution in [2.75, 3.05) is 25.0 Å². The Kier molecular flexibility index (Phi) is 3.81. The summed E-state index contributed by atoms with van der Waals surface area (Å²) in [5.74, 6) is 1.96. The number of carbonyl (C=O) groups is 1. The van der Waals surface area contributed by atoms with Crippen molar-refractivity contribution in [2.24, 2.45) is 0 Å². The molecule has 3 aliphatic rings. The van der Waals surface area contributed by atoms with Crippen molar-refractivity contribution in [3.8, 4) is 0 Å². The fourth-order valence-electron chi connectivity index (χ4n) is 4.68. The van der Waals surface area contributed by atoms with Gasteiger partial charge in [-0.15, -0.1) is 0 Å². The Hall–Kier alpha value is -2.31. The lowest BCUT2D eigenvalue weighted by atomic mass is 9.84. The molecule has 0 radical (unpaired) electrons. The van der Waals surface area contributed by atoms with Crippen molar-refractivity contribution in [1.82, 2.24) is 10.2 Å². The number of aryl methyl sites for hydroxylation is 1. The molecule has 142 valence electrons. The summed E-state index contributed by atoms with van der Waals surface area (Å²) in [6.07, 6.45) is 2.73. The van der Waals surface area contributed by atoms with E-state index in [1.54, 1.807) is 0 Å². The molecule has 1 atom stereocenters. The van der Waals surface area contributed by atoms with Crippen LogP contribution in [0.2, 0.25) is 0 Å². The minimum atomic E-state index is -0.494. The van der Waals surface area contributed by atoms with Crippen molar-refractivity contribution < 1.29 is 13.9 Å². The number of hydrogen-bond acceptors (Lipinski definition) is 5. The van der Waals surface area contributed by atoms with E-state index in [9.17, 15) is 4.79 Å². The average Bonchev–Trinajstić information content (AvgIpc) is 3.21. The highest BCUT2D eigenvalue weighted by atomic mass is 16.5. The summed E-state index contributed by atoms with van der Waals surface area (Å²) in [7, 11) is 0. The fourth-order valence-corrected chi connectivity index (χ4v) is 4.68. The molecule has 3 aliphatic heterocycles. The average molecular weight is 367 g/mol. The second-order valence-corrected chi connectivity index (χ2v) is 8.14. The van der Waals surface area contributed by atoms with Crippen LogP contribution in [0.15, 0.2) is 40.8 Å². The van der Waals surface area contributed by atoms with Gasteiger partial charge in [0.15, 0.2) is 0 Å². The zero-order valence-electron chi connectivity index (χ0n) is 15.6. The molecule has 1 amide bonds. The Balaban J connectivity index is 1.26. The standard InChI is InChI=1S/C21H25N3O3/c1-15-6-7-16(27-15)12-24-10-8-20(9-11-24)13-21(14-26-20)22-18-5-3-2-4-17(18)19(25)23-21/h2-7,22H,8-14H2,1H3,(H,23,25). The lowest BCUT2D eigenvalue weighted by molar-refractivity contribution is -0.0461. The number of carbonyl (C=O) groups excluding carboxylic acids is 1. The first-order valence-corrected chi connectivity index (χ1v) is 9.66. The first-order valence-electron chi connectivity index (χ1n) is 9.66. The maximum Gasteiger partial charge on any atom is 0.255 e. The topological polar surface area (TPSA) is 66.7 Å². The van der Waals surface area contributed by atoms with Crippen LogP contribution in [-0.4, -0.2) is 41.8 Å². The first kappa shape index (κ1) is 16.8.